The van der Waals surface area contributed by atoms with Crippen molar-refractivity contribution in [3.05, 3.63) is 59.8 Å². The molecule has 1 saturated heterocycles. The van der Waals surface area contributed by atoms with Gasteiger partial charge in [-0.25, -0.2) is 9.98 Å². The van der Waals surface area contributed by atoms with E-state index >= 15 is 0 Å². The van der Waals surface area contributed by atoms with Crippen LogP contribution >= 0.6 is 11.8 Å². The van der Waals surface area contributed by atoms with Crippen LogP contribution in [0.5, 0.6) is 0 Å². The van der Waals surface area contributed by atoms with Crippen molar-refractivity contribution in [2.24, 2.45) is 4.99 Å². The van der Waals surface area contributed by atoms with Crippen LogP contribution in [0.3, 0.4) is 0 Å². The van der Waals surface area contributed by atoms with E-state index in [0.717, 1.165) is 0 Å². The molecule has 2 aromatic rings. The molecule has 2 heterocycles. The molecule has 0 bridgehead atoms. The summed E-state index contributed by atoms with van der Waals surface area (Å²) in [5.41, 5.74) is 2.41. The first-order chi connectivity index (χ1) is 10.2. The minimum atomic E-state index is -0.131. The molecule has 21 heavy (non-hydrogen) atoms. The molecular weight excluding hydrogens is 282 g/mol. The number of hydrogen-bond acceptors (Lipinski definition) is 4. The molecule has 3 rings (SSSR count). The van der Waals surface area contributed by atoms with Gasteiger partial charge >= 0.3 is 0 Å². The molecule has 1 fully saturated rings. The first-order valence-electron chi connectivity index (χ1n) is 6.74. The zero-order chi connectivity index (χ0) is 14.7. The molecule has 1 amide bonds. The number of aromatic nitrogens is 1. The summed E-state index contributed by atoms with van der Waals surface area (Å²) in [6.45, 7) is 2.07. The maximum Gasteiger partial charge on any atom is 0.239 e. The third-order valence-electron chi connectivity index (χ3n) is 3.31. The molecule has 0 spiro atoms. The Morgan fingerprint density at radius 1 is 1.24 bits per heavy atom. The van der Waals surface area contributed by atoms with Crippen LogP contribution in [0.15, 0.2) is 53.7 Å². The lowest BCUT2D eigenvalue weighted by Gasteiger charge is -2.08. The lowest BCUT2D eigenvalue weighted by Crippen LogP contribution is -2.26. The predicted octanol–water partition coefficient (Wildman–Crippen LogP) is 2.85. The van der Waals surface area contributed by atoms with E-state index in [1.165, 1.54) is 22.9 Å². The summed E-state index contributed by atoms with van der Waals surface area (Å²) in [7, 11) is 0. The highest BCUT2D eigenvalue weighted by atomic mass is 32.2. The number of pyridine rings is 1. The second-order valence-corrected chi connectivity index (χ2v) is 6.02. The number of carbonyl (C=O) groups excluding carboxylic acids is 1. The summed E-state index contributed by atoms with van der Waals surface area (Å²) in [5.74, 6) is 0.620. The lowest BCUT2D eigenvalue weighted by molar-refractivity contribution is -0.118. The summed E-state index contributed by atoms with van der Waals surface area (Å²) in [6, 6.07) is 13.7. The van der Waals surface area contributed by atoms with Gasteiger partial charge in [0.1, 0.15) is 0 Å². The van der Waals surface area contributed by atoms with Gasteiger partial charge in [0.25, 0.3) is 0 Å². The SMILES string of the molecule is Cc1ccccc1C[C@H]1SC(=Nc2ccccn2)NC1=O. The van der Waals surface area contributed by atoms with Gasteiger partial charge < -0.3 is 5.32 Å². The number of hydrogen-bond donors (Lipinski definition) is 1. The Bertz CT molecular complexity index is 685. The smallest absolute Gasteiger partial charge is 0.239 e. The Labute approximate surface area is 127 Å². The van der Waals surface area contributed by atoms with Crippen molar-refractivity contribution in [3.8, 4) is 0 Å². The number of nitrogens with one attached hydrogen (secondary N) is 1. The monoisotopic (exact) mass is 297 g/mol. The van der Waals surface area contributed by atoms with Crippen LogP contribution in [-0.2, 0) is 11.2 Å². The third-order valence-corrected chi connectivity index (χ3v) is 4.39. The number of thioether (sulfide) groups is 1. The Balaban J connectivity index is 1.74. The maximum atomic E-state index is 12.1. The normalized spacial score (nSPS) is 19.8. The molecule has 1 aromatic carbocycles. The quantitative estimate of drug-likeness (QED) is 0.948. The molecule has 1 atom stereocenters. The van der Waals surface area contributed by atoms with Gasteiger partial charge in [0.15, 0.2) is 11.0 Å². The fourth-order valence-electron chi connectivity index (χ4n) is 2.16. The second-order valence-electron chi connectivity index (χ2n) is 4.83. The predicted molar refractivity (Wildman–Crippen MR) is 85.7 cm³/mol. The van der Waals surface area contributed by atoms with Crippen LogP contribution in [-0.4, -0.2) is 21.3 Å². The minimum absolute atomic E-state index is 0.0120. The molecule has 106 valence electrons. The van der Waals surface area contributed by atoms with E-state index in [-0.39, 0.29) is 11.2 Å². The van der Waals surface area contributed by atoms with Crippen LogP contribution in [0.4, 0.5) is 5.82 Å². The Kier molecular flexibility index (Phi) is 4.01. The van der Waals surface area contributed by atoms with E-state index in [2.05, 4.69) is 34.3 Å². The number of nitrogens with zero attached hydrogens (tertiary/aromatic N) is 2. The highest BCUT2D eigenvalue weighted by Crippen LogP contribution is 2.25. The van der Waals surface area contributed by atoms with E-state index in [0.29, 0.717) is 17.4 Å². The summed E-state index contributed by atoms with van der Waals surface area (Å²) in [5, 5.41) is 3.32. The number of amidine groups is 1. The van der Waals surface area contributed by atoms with Crippen LogP contribution in [0.25, 0.3) is 0 Å². The number of rotatable bonds is 3. The van der Waals surface area contributed by atoms with Crippen molar-refractivity contribution in [2.75, 3.05) is 0 Å². The van der Waals surface area contributed by atoms with Crippen LogP contribution in [0.1, 0.15) is 11.1 Å². The molecular formula is C16H15N3OS. The van der Waals surface area contributed by atoms with Crippen LogP contribution in [0, 0.1) is 6.92 Å². The van der Waals surface area contributed by atoms with E-state index in [1.807, 2.05) is 30.3 Å². The van der Waals surface area contributed by atoms with Gasteiger partial charge in [0.05, 0.1) is 5.25 Å². The largest absolute Gasteiger partial charge is 0.304 e. The van der Waals surface area contributed by atoms with Crippen molar-refractivity contribution in [1.29, 1.82) is 0 Å². The van der Waals surface area contributed by atoms with E-state index in [4.69, 9.17) is 0 Å². The van der Waals surface area contributed by atoms with Crippen molar-refractivity contribution in [3.63, 3.8) is 0 Å². The van der Waals surface area contributed by atoms with Crippen molar-refractivity contribution < 1.29 is 4.79 Å². The van der Waals surface area contributed by atoms with E-state index < -0.39 is 0 Å². The minimum Gasteiger partial charge on any atom is -0.304 e. The Morgan fingerprint density at radius 2 is 2.05 bits per heavy atom. The lowest BCUT2D eigenvalue weighted by atomic mass is 10.0. The zero-order valence-corrected chi connectivity index (χ0v) is 12.4. The molecule has 1 aliphatic heterocycles. The molecule has 1 aliphatic rings. The molecule has 5 heteroatoms. The van der Waals surface area contributed by atoms with Gasteiger partial charge in [0.2, 0.25) is 5.91 Å². The fourth-order valence-corrected chi connectivity index (χ4v) is 3.16. The summed E-state index contributed by atoms with van der Waals surface area (Å²) >= 11 is 1.47. The fraction of sp³-hybridized carbons (Fsp3) is 0.188. The van der Waals surface area contributed by atoms with Gasteiger partial charge in [-0.05, 0) is 36.6 Å². The average Bonchev–Trinajstić information content (AvgIpc) is 2.82. The van der Waals surface area contributed by atoms with E-state index in [9.17, 15) is 4.79 Å². The molecule has 1 aromatic heterocycles. The molecule has 0 saturated carbocycles. The summed E-state index contributed by atoms with van der Waals surface area (Å²) in [6.07, 6.45) is 2.40. The average molecular weight is 297 g/mol. The highest BCUT2D eigenvalue weighted by Gasteiger charge is 2.30. The Hall–Kier alpha value is -2.14. The molecule has 0 radical (unpaired) electrons. The number of benzene rings is 1. The van der Waals surface area contributed by atoms with Crippen LogP contribution in [0.2, 0.25) is 0 Å². The van der Waals surface area contributed by atoms with Gasteiger partial charge in [-0.3, -0.25) is 4.79 Å². The van der Waals surface area contributed by atoms with Gasteiger partial charge in [-0.15, -0.1) is 0 Å². The van der Waals surface area contributed by atoms with Gasteiger partial charge in [0, 0.05) is 6.20 Å². The standard InChI is InChI=1S/C16H15N3OS/c1-11-6-2-3-7-12(11)10-13-15(20)19-16(21-13)18-14-8-4-5-9-17-14/h2-9,13H,10H2,1H3,(H,17,18,19,20)/t13-/m1/s1. The maximum absolute atomic E-state index is 12.1. The first-order valence-corrected chi connectivity index (χ1v) is 7.62. The molecule has 0 unspecified atom stereocenters. The summed E-state index contributed by atoms with van der Waals surface area (Å²) < 4.78 is 0. The first kappa shape index (κ1) is 13.8. The molecule has 4 nitrogen and oxygen atoms in total. The van der Waals surface area contributed by atoms with Crippen molar-refractivity contribution in [1.82, 2.24) is 10.3 Å². The van der Waals surface area contributed by atoms with Crippen molar-refractivity contribution >= 4 is 28.7 Å². The number of aliphatic imine (C=N–C) groups is 1. The van der Waals surface area contributed by atoms with Gasteiger partial charge in [-0.2, -0.15) is 0 Å². The van der Waals surface area contributed by atoms with E-state index in [1.54, 1.807) is 6.20 Å². The molecule has 1 N–H and O–H groups in total. The molecule has 0 aliphatic carbocycles. The Morgan fingerprint density at radius 3 is 2.81 bits per heavy atom. The highest BCUT2D eigenvalue weighted by molar-refractivity contribution is 8.15. The third kappa shape index (κ3) is 3.31. The number of amides is 1. The number of aryl methyl sites for hydroxylation is 1. The van der Waals surface area contributed by atoms with Crippen LogP contribution < -0.4 is 5.32 Å². The van der Waals surface area contributed by atoms with Crippen molar-refractivity contribution in [2.45, 2.75) is 18.6 Å². The topological polar surface area (TPSA) is 54.4 Å². The summed E-state index contributed by atoms with van der Waals surface area (Å²) in [4.78, 5) is 20.6. The number of carbonyl (C=O) groups is 1. The second kappa shape index (κ2) is 6.10. The van der Waals surface area contributed by atoms with Gasteiger partial charge in [-0.1, -0.05) is 42.1 Å². The zero-order valence-electron chi connectivity index (χ0n) is 11.6.